The zero-order valence-electron chi connectivity index (χ0n) is 17.4. The summed E-state index contributed by atoms with van der Waals surface area (Å²) in [5.74, 6) is 0. The maximum atomic E-state index is 12.5. The Kier molecular flexibility index (Phi) is 5.56. The van der Waals surface area contributed by atoms with Crippen LogP contribution in [0.25, 0.3) is 11.2 Å². The molecule has 3 rings (SSSR count). The highest BCUT2D eigenvalue weighted by molar-refractivity contribution is 5.69. The zero-order chi connectivity index (χ0) is 20.5. The Hall–Kier alpha value is -2.67. The molecule has 0 fully saturated rings. The van der Waals surface area contributed by atoms with E-state index >= 15 is 0 Å². The van der Waals surface area contributed by atoms with Gasteiger partial charge in [-0.2, -0.15) is 0 Å². The summed E-state index contributed by atoms with van der Waals surface area (Å²) >= 11 is 0. The zero-order valence-corrected chi connectivity index (χ0v) is 17.4. The number of aromatic nitrogens is 4. The van der Waals surface area contributed by atoms with E-state index in [1.807, 2.05) is 10.6 Å². The van der Waals surface area contributed by atoms with E-state index in [1.165, 1.54) is 17.2 Å². The largest absolute Gasteiger partial charge is 0.332 e. The van der Waals surface area contributed by atoms with Gasteiger partial charge in [0.2, 0.25) is 0 Å². The van der Waals surface area contributed by atoms with Gasteiger partial charge in [-0.3, -0.25) is 13.9 Å². The number of benzene rings is 1. The van der Waals surface area contributed by atoms with Gasteiger partial charge in [0.25, 0.3) is 5.56 Å². The van der Waals surface area contributed by atoms with Gasteiger partial charge < -0.3 is 9.05 Å². The molecule has 150 valence electrons. The highest BCUT2D eigenvalue weighted by Gasteiger charge is 2.24. The van der Waals surface area contributed by atoms with Gasteiger partial charge in [-0.25, -0.2) is 9.78 Å². The van der Waals surface area contributed by atoms with E-state index in [-0.39, 0.29) is 11.2 Å². The second-order valence-corrected chi connectivity index (χ2v) is 8.21. The summed E-state index contributed by atoms with van der Waals surface area (Å²) in [6.07, 6.45) is 3.62. The van der Waals surface area contributed by atoms with Crippen LogP contribution in [0.5, 0.6) is 0 Å². The van der Waals surface area contributed by atoms with Crippen LogP contribution in [0.3, 0.4) is 0 Å². The van der Waals surface area contributed by atoms with Crippen LogP contribution in [0.15, 0.2) is 46.2 Å². The first-order valence-corrected chi connectivity index (χ1v) is 9.70. The maximum Gasteiger partial charge on any atom is 0.332 e. The number of nitrogens with zero attached hydrogens (tertiary/aromatic N) is 5. The lowest BCUT2D eigenvalue weighted by atomic mass is 10.0. The number of fused-ring (bicyclic) bond motifs is 1. The van der Waals surface area contributed by atoms with Crippen molar-refractivity contribution in [2.24, 2.45) is 14.1 Å². The van der Waals surface area contributed by atoms with E-state index in [4.69, 9.17) is 0 Å². The molecule has 2 heterocycles. The summed E-state index contributed by atoms with van der Waals surface area (Å²) in [6.45, 7) is 3.97. The quantitative estimate of drug-likeness (QED) is 0.581. The van der Waals surface area contributed by atoms with E-state index < -0.39 is 0 Å². The number of rotatable bonds is 7. The average molecular weight is 385 g/mol. The average Bonchev–Trinajstić information content (AvgIpc) is 3.09. The third-order valence-electron chi connectivity index (χ3n) is 5.92. The Morgan fingerprint density at radius 2 is 1.75 bits per heavy atom. The van der Waals surface area contributed by atoms with Gasteiger partial charge >= 0.3 is 5.69 Å². The smallest absolute Gasteiger partial charge is 0.326 e. The Bertz CT molecular complexity index is 1080. The number of hydrogen-bond acceptors (Lipinski definition) is 3. The van der Waals surface area contributed by atoms with Crippen LogP contribution in [-0.4, -0.2) is 49.9 Å². The molecule has 0 aliphatic carbocycles. The van der Waals surface area contributed by atoms with Crippen molar-refractivity contribution >= 4 is 11.2 Å². The van der Waals surface area contributed by atoms with Crippen LogP contribution in [0.4, 0.5) is 0 Å². The molecular weight excluding hydrogens is 354 g/mol. The van der Waals surface area contributed by atoms with Gasteiger partial charge in [0, 0.05) is 33.5 Å². The fraction of sp³-hybridized carbons (Fsp3) is 0.476. The van der Waals surface area contributed by atoms with E-state index in [1.54, 1.807) is 13.4 Å². The summed E-state index contributed by atoms with van der Waals surface area (Å²) in [6, 6.07) is 11.0. The molecular formula is C21H30N5O2+. The Balaban J connectivity index is 1.71. The molecule has 7 heteroatoms. The summed E-state index contributed by atoms with van der Waals surface area (Å²) in [5.41, 5.74) is 1.65. The Morgan fingerprint density at radius 1 is 1.07 bits per heavy atom. The van der Waals surface area contributed by atoms with Crippen molar-refractivity contribution in [3.63, 3.8) is 0 Å². The molecule has 0 spiro atoms. The molecule has 0 amide bonds. The molecule has 2 aromatic heterocycles. The molecule has 0 N–H and O–H groups in total. The van der Waals surface area contributed by atoms with Crippen molar-refractivity contribution in [1.29, 1.82) is 0 Å². The molecule has 1 atom stereocenters. The topological polar surface area (TPSA) is 61.8 Å². The van der Waals surface area contributed by atoms with E-state index in [2.05, 4.69) is 50.3 Å². The molecule has 0 aliphatic heterocycles. The SMILES string of the molecule is CC(Cc1ccccc1)[N+](C)(C)CCCn1cnc2c1c(=O)n(C)c(=O)n2C. The van der Waals surface area contributed by atoms with Gasteiger partial charge in [0.05, 0.1) is 33.0 Å². The first-order valence-electron chi connectivity index (χ1n) is 9.70. The minimum absolute atomic E-state index is 0.290. The fourth-order valence-electron chi connectivity index (χ4n) is 3.64. The van der Waals surface area contributed by atoms with Crippen molar-refractivity contribution in [3.8, 4) is 0 Å². The monoisotopic (exact) mass is 384 g/mol. The molecule has 0 radical (unpaired) electrons. The van der Waals surface area contributed by atoms with E-state index in [9.17, 15) is 9.59 Å². The van der Waals surface area contributed by atoms with Crippen LogP contribution in [0, 0.1) is 0 Å². The van der Waals surface area contributed by atoms with Crippen LogP contribution in [-0.2, 0) is 27.1 Å². The van der Waals surface area contributed by atoms with Gasteiger partial charge in [-0.15, -0.1) is 0 Å². The summed E-state index contributed by atoms with van der Waals surface area (Å²) < 4.78 is 5.34. The van der Waals surface area contributed by atoms with Crippen molar-refractivity contribution in [1.82, 2.24) is 18.7 Å². The molecule has 0 bridgehead atoms. The Morgan fingerprint density at radius 3 is 2.43 bits per heavy atom. The van der Waals surface area contributed by atoms with Gasteiger partial charge in [-0.05, 0) is 12.5 Å². The summed E-state index contributed by atoms with van der Waals surface area (Å²) in [7, 11) is 7.66. The summed E-state index contributed by atoms with van der Waals surface area (Å²) in [5, 5.41) is 0. The van der Waals surface area contributed by atoms with Crippen molar-refractivity contribution in [3.05, 3.63) is 63.1 Å². The maximum absolute atomic E-state index is 12.5. The van der Waals surface area contributed by atoms with Crippen LogP contribution in [0.1, 0.15) is 18.9 Å². The van der Waals surface area contributed by atoms with Crippen molar-refractivity contribution in [2.75, 3.05) is 20.6 Å². The lowest BCUT2D eigenvalue weighted by Crippen LogP contribution is -2.49. The summed E-state index contributed by atoms with van der Waals surface area (Å²) in [4.78, 5) is 28.9. The predicted molar refractivity (Wildman–Crippen MR) is 111 cm³/mol. The van der Waals surface area contributed by atoms with E-state index in [0.29, 0.717) is 23.8 Å². The van der Waals surface area contributed by atoms with Crippen LogP contribution < -0.4 is 11.2 Å². The molecule has 7 nitrogen and oxygen atoms in total. The minimum atomic E-state index is -0.352. The first kappa shape index (κ1) is 20.1. The second kappa shape index (κ2) is 7.75. The number of imidazole rings is 1. The third-order valence-corrected chi connectivity index (χ3v) is 5.92. The van der Waals surface area contributed by atoms with Crippen molar-refractivity contribution in [2.45, 2.75) is 32.4 Å². The Labute approximate surface area is 165 Å². The standard InChI is InChI=1S/C21H30N5O2/c1-16(14-17-10-7-6-8-11-17)26(4,5)13-9-12-25-15-22-19-18(25)20(27)24(3)21(28)23(19)2/h6-8,10-11,15-16H,9,12-14H2,1-5H3/q+1. The van der Waals surface area contributed by atoms with Gasteiger partial charge in [-0.1, -0.05) is 30.3 Å². The molecule has 28 heavy (non-hydrogen) atoms. The number of aryl methyl sites for hydroxylation is 2. The molecule has 0 saturated heterocycles. The lowest BCUT2D eigenvalue weighted by molar-refractivity contribution is -0.913. The van der Waals surface area contributed by atoms with Crippen molar-refractivity contribution < 1.29 is 4.48 Å². The van der Waals surface area contributed by atoms with Gasteiger partial charge in [0.15, 0.2) is 11.2 Å². The first-order chi connectivity index (χ1) is 13.2. The van der Waals surface area contributed by atoms with Crippen LogP contribution in [0.2, 0.25) is 0 Å². The van der Waals surface area contributed by atoms with Gasteiger partial charge in [0.1, 0.15) is 0 Å². The molecule has 1 unspecified atom stereocenters. The normalized spacial score (nSPS) is 13.2. The highest BCUT2D eigenvalue weighted by atomic mass is 16.2. The number of likely N-dealkylation sites (N-methyl/N-ethyl adjacent to an activating group) is 1. The number of hydrogen-bond donors (Lipinski definition) is 0. The lowest BCUT2D eigenvalue weighted by Gasteiger charge is -2.36. The molecule has 0 aliphatic rings. The molecule has 1 aromatic carbocycles. The minimum Gasteiger partial charge on any atom is -0.326 e. The molecule has 3 aromatic rings. The molecule has 0 saturated carbocycles. The van der Waals surface area contributed by atoms with E-state index in [0.717, 1.165) is 28.4 Å². The fourth-order valence-corrected chi connectivity index (χ4v) is 3.64. The highest BCUT2D eigenvalue weighted by Crippen LogP contribution is 2.15. The second-order valence-electron chi connectivity index (χ2n) is 8.21. The number of quaternary nitrogens is 1. The third kappa shape index (κ3) is 3.80. The van der Waals surface area contributed by atoms with Crippen LogP contribution >= 0.6 is 0 Å². The predicted octanol–water partition coefficient (Wildman–Crippen LogP) is 1.53.